The number of nitrogens with zero attached hydrogens (tertiary/aromatic N) is 3. The number of fused-ring (bicyclic) bond motifs is 1. The molecule has 1 aliphatic heterocycles. The van der Waals surface area contributed by atoms with Crippen LogP contribution in [0.3, 0.4) is 0 Å². The van der Waals surface area contributed by atoms with Gasteiger partial charge in [0.25, 0.3) is 5.91 Å². The molecule has 0 unspecified atom stereocenters. The zero-order valence-electron chi connectivity index (χ0n) is 17.1. The lowest BCUT2D eigenvalue weighted by Gasteiger charge is -2.27. The Morgan fingerprint density at radius 1 is 1.23 bits per heavy atom. The van der Waals surface area contributed by atoms with Crippen molar-refractivity contribution >= 4 is 79.5 Å². The fourth-order valence-electron chi connectivity index (χ4n) is 3.48. The summed E-state index contributed by atoms with van der Waals surface area (Å²) in [6.07, 6.45) is 1.81. The van der Waals surface area contributed by atoms with E-state index in [9.17, 15) is 4.79 Å². The van der Waals surface area contributed by atoms with Gasteiger partial charge < -0.3 is 4.74 Å². The van der Waals surface area contributed by atoms with Gasteiger partial charge in [-0.25, -0.2) is 4.98 Å². The van der Waals surface area contributed by atoms with E-state index in [4.69, 9.17) is 32.9 Å². The van der Waals surface area contributed by atoms with Gasteiger partial charge in [-0.05, 0) is 36.6 Å². The second kappa shape index (κ2) is 11.3. The molecule has 31 heavy (non-hydrogen) atoms. The monoisotopic (exact) mass is 519 g/mol. The number of anilines is 1. The molecule has 0 atom stereocenters. The molecule has 3 aromatic rings. The van der Waals surface area contributed by atoms with E-state index in [1.54, 1.807) is 22.3 Å². The summed E-state index contributed by atoms with van der Waals surface area (Å²) in [5, 5.41) is 0.698. The van der Waals surface area contributed by atoms with Crippen molar-refractivity contribution in [1.29, 1.82) is 0 Å². The van der Waals surface area contributed by atoms with Gasteiger partial charge in [-0.2, -0.15) is 0 Å². The molecule has 1 amide bonds. The number of aromatic nitrogens is 1. The van der Waals surface area contributed by atoms with E-state index >= 15 is 0 Å². The normalized spacial score (nSPS) is 14.5. The van der Waals surface area contributed by atoms with Crippen LogP contribution in [0.5, 0.6) is 0 Å². The second-order valence-corrected chi connectivity index (χ2v) is 10.4. The van der Waals surface area contributed by atoms with Gasteiger partial charge >= 0.3 is 0 Å². The summed E-state index contributed by atoms with van der Waals surface area (Å²) in [7, 11) is 0. The van der Waals surface area contributed by atoms with Crippen LogP contribution < -0.4 is 4.90 Å². The average molecular weight is 521 g/mol. The number of carbonyl (C=O) groups excluding carboxylic acids is 1. The van der Waals surface area contributed by atoms with Crippen molar-refractivity contribution in [3.05, 3.63) is 44.1 Å². The van der Waals surface area contributed by atoms with Crippen LogP contribution in [0.1, 0.15) is 29.3 Å². The number of ether oxygens (including phenoxy) is 1. The molecule has 0 radical (unpaired) electrons. The van der Waals surface area contributed by atoms with Crippen LogP contribution in [0.2, 0.25) is 8.67 Å². The summed E-state index contributed by atoms with van der Waals surface area (Å²) in [5.41, 5.74) is 2.61. The van der Waals surface area contributed by atoms with Crippen molar-refractivity contribution in [2.75, 3.05) is 44.3 Å². The molecule has 0 N–H and O–H groups in total. The lowest BCUT2D eigenvalue weighted by Crippen LogP contribution is -2.39. The molecule has 5 nitrogen and oxygen atoms in total. The lowest BCUT2D eigenvalue weighted by molar-refractivity contribution is 0.0376. The number of halogens is 3. The number of carbonyl (C=O) groups is 1. The highest BCUT2D eigenvalue weighted by Crippen LogP contribution is 2.35. The van der Waals surface area contributed by atoms with Crippen LogP contribution in [0.4, 0.5) is 5.13 Å². The van der Waals surface area contributed by atoms with E-state index in [0.717, 1.165) is 55.9 Å². The topological polar surface area (TPSA) is 45.7 Å². The number of morpholine rings is 1. The van der Waals surface area contributed by atoms with E-state index in [2.05, 4.69) is 24.0 Å². The highest BCUT2D eigenvalue weighted by atomic mass is 35.5. The van der Waals surface area contributed by atoms with Gasteiger partial charge in [-0.3, -0.25) is 14.6 Å². The molecule has 0 aliphatic carbocycles. The Balaban J connectivity index is 0.00000272. The number of amides is 1. The minimum atomic E-state index is -0.153. The van der Waals surface area contributed by atoms with Gasteiger partial charge in [0, 0.05) is 26.2 Å². The zero-order valence-corrected chi connectivity index (χ0v) is 21.1. The molecule has 1 saturated heterocycles. The largest absolute Gasteiger partial charge is 0.379 e. The van der Waals surface area contributed by atoms with Gasteiger partial charge in [0.1, 0.15) is 4.34 Å². The number of thiophene rings is 1. The van der Waals surface area contributed by atoms with E-state index in [1.807, 2.05) is 6.07 Å². The summed E-state index contributed by atoms with van der Waals surface area (Å²) < 4.78 is 7.43. The van der Waals surface area contributed by atoms with Gasteiger partial charge in [0.15, 0.2) is 5.13 Å². The van der Waals surface area contributed by atoms with E-state index < -0.39 is 0 Å². The first-order valence-electron chi connectivity index (χ1n) is 10.0. The maximum atomic E-state index is 13.4. The SMILES string of the molecule is CCc1ccc2nc(N(CCCN3CCOCC3)C(=O)c3cc(Cl)sc3Cl)sc2c1.Cl. The first kappa shape index (κ1) is 24.7. The Kier molecular flexibility index (Phi) is 8.99. The van der Waals surface area contributed by atoms with Crippen molar-refractivity contribution < 1.29 is 9.53 Å². The fraction of sp³-hybridized carbons (Fsp3) is 0.429. The Morgan fingerprint density at radius 2 is 2.00 bits per heavy atom. The Labute approximate surface area is 206 Å². The third-order valence-electron chi connectivity index (χ3n) is 5.17. The van der Waals surface area contributed by atoms with Crippen molar-refractivity contribution in [2.24, 2.45) is 0 Å². The van der Waals surface area contributed by atoms with Crippen LogP contribution >= 0.6 is 58.3 Å². The number of hydrogen-bond acceptors (Lipinski definition) is 6. The maximum absolute atomic E-state index is 13.4. The number of hydrogen-bond donors (Lipinski definition) is 0. The molecule has 0 bridgehead atoms. The number of benzene rings is 1. The molecular weight excluding hydrogens is 497 g/mol. The van der Waals surface area contributed by atoms with Crippen molar-refractivity contribution in [2.45, 2.75) is 19.8 Å². The molecule has 1 aliphatic rings. The first-order valence-corrected chi connectivity index (χ1v) is 12.4. The number of rotatable bonds is 7. The van der Waals surface area contributed by atoms with Crippen LogP contribution in [-0.2, 0) is 11.2 Å². The van der Waals surface area contributed by atoms with Gasteiger partial charge in [0.05, 0.1) is 33.3 Å². The Morgan fingerprint density at radius 3 is 2.68 bits per heavy atom. The van der Waals surface area contributed by atoms with Gasteiger partial charge in [-0.1, -0.05) is 47.5 Å². The summed E-state index contributed by atoms with van der Waals surface area (Å²) in [4.78, 5) is 22.3. The summed E-state index contributed by atoms with van der Waals surface area (Å²) >= 11 is 15.1. The quantitative estimate of drug-likeness (QED) is 0.382. The number of aryl methyl sites for hydroxylation is 1. The highest BCUT2D eigenvalue weighted by Gasteiger charge is 2.25. The van der Waals surface area contributed by atoms with Crippen LogP contribution in [0, 0.1) is 0 Å². The van der Waals surface area contributed by atoms with Gasteiger partial charge in [-0.15, -0.1) is 23.7 Å². The Bertz CT molecular complexity index is 1030. The lowest BCUT2D eigenvalue weighted by atomic mass is 10.2. The molecule has 1 aromatic carbocycles. The van der Waals surface area contributed by atoms with Crippen LogP contribution in [0.15, 0.2) is 24.3 Å². The molecule has 10 heteroatoms. The van der Waals surface area contributed by atoms with Crippen molar-refractivity contribution in [3.63, 3.8) is 0 Å². The molecule has 168 valence electrons. The molecule has 0 saturated carbocycles. The fourth-order valence-corrected chi connectivity index (χ4v) is 5.99. The highest BCUT2D eigenvalue weighted by molar-refractivity contribution is 7.22. The minimum absolute atomic E-state index is 0. The Hall–Kier alpha value is -0.930. The van der Waals surface area contributed by atoms with E-state index in [0.29, 0.717) is 25.9 Å². The minimum Gasteiger partial charge on any atom is -0.379 e. The molecule has 0 spiro atoms. The van der Waals surface area contributed by atoms with Gasteiger partial charge in [0.2, 0.25) is 0 Å². The summed E-state index contributed by atoms with van der Waals surface area (Å²) in [6, 6.07) is 7.92. The van der Waals surface area contributed by atoms with Crippen LogP contribution in [0.25, 0.3) is 10.2 Å². The van der Waals surface area contributed by atoms with E-state index in [-0.39, 0.29) is 18.3 Å². The van der Waals surface area contributed by atoms with E-state index in [1.165, 1.54) is 16.9 Å². The van der Waals surface area contributed by atoms with Crippen molar-refractivity contribution in [3.8, 4) is 0 Å². The molecule has 1 fully saturated rings. The maximum Gasteiger partial charge on any atom is 0.262 e. The zero-order chi connectivity index (χ0) is 21.1. The third-order valence-corrected chi connectivity index (χ3v) is 7.70. The first-order chi connectivity index (χ1) is 14.5. The third kappa shape index (κ3) is 5.90. The molecule has 4 rings (SSSR count). The smallest absolute Gasteiger partial charge is 0.262 e. The molecule has 2 aromatic heterocycles. The number of thiazole rings is 1. The van der Waals surface area contributed by atoms with Crippen LogP contribution in [-0.4, -0.2) is 55.2 Å². The predicted molar refractivity (Wildman–Crippen MR) is 134 cm³/mol. The second-order valence-electron chi connectivity index (χ2n) is 7.15. The standard InChI is InChI=1S/C21H23Cl2N3O2S2.ClH/c1-2-14-4-5-16-17(12-14)29-21(24-16)26(7-3-6-25-8-10-28-11-9-25)20(27)15-13-18(22)30-19(15)23;/h4-5,12-13H,2-3,6-11H2,1H3;1H. The molecular formula is C21H24Cl3N3O2S2. The summed E-state index contributed by atoms with van der Waals surface area (Å²) in [6.45, 7) is 7.01. The summed E-state index contributed by atoms with van der Waals surface area (Å²) in [5.74, 6) is -0.153. The average Bonchev–Trinajstić information content (AvgIpc) is 3.33. The molecule has 3 heterocycles. The predicted octanol–water partition coefficient (Wildman–Crippen LogP) is 6.02. The van der Waals surface area contributed by atoms with Crippen molar-refractivity contribution in [1.82, 2.24) is 9.88 Å².